The topological polar surface area (TPSA) is 67.4 Å². The lowest BCUT2D eigenvalue weighted by molar-refractivity contribution is -0.112. The molecule has 1 aliphatic rings. The van der Waals surface area contributed by atoms with Gasteiger partial charge in [-0.3, -0.25) is 4.79 Å². The van der Waals surface area contributed by atoms with E-state index >= 15 is 0 Å². The highest BCUT2D eigenvalue weighted by Crippen LogP contribution is 2.14. The first-order valence-corrected chi connectivity index (χ1v) is 6.01. The third-order valence-electron chi connectivity index (χ3n) is 3.11. The number of benzene rings is 1. The van der Waals surface area contributed by atoms with E-state index in [2.05, 4.69) is 15.4 Å². The van der Waals surface area contributed by atoms with Crippen LogP contribution in [0.25, 0.3) is 0 Å². The van der Waals surface area contributed by atoms with Crippen LogP contribution < -0.4 is 10.6 Å². The van der Waals surface area contributed by atoms with Crippen molar-refractivity contribution in [3.8, 4) is 0 Å². The highest BCUT2D eigenvalue weighted by atomic mass is 16.5. The number of anilines is 1. The fourth-order valence-electron chi connectivity index (χ4n) is 1.71. The maximum Gasteiger partial charge on any atom is 0.337 e. The number of amides is 1. The summed E-state index contributed by atoms with van der Waals surface area (Å²) in [5.74, 6) is -0.501. The van der Waals surface area contributed by atoms with Gasteiger partial charge in [0.25, 0.3) is 5.91 Å². The van der Waals surface area contributed by atoms with Gasteiger partial charge in [-0.2, -0.15) is 0 Å². The summed E-state index contributed by atoms with van der Waals surface area (Å²) < 4.78 is 4.61. The van der Waals surface area contributed by atoms with E-state index in [0.29, 0.717) is 11.3 Å². The smallest absolute Gasteiger partial charge is 0.337 e. The molecule has 5 nitrogen and oxygen atoms in total. The molecule has 0 aliphatic carbocycles. The zero-order chi connectivity index (χ0) is 13.8. The molecule has 0 aromatic heterocycles. The van der Waals surface area contributed by atoms with E-state index in [-0.39, 0.29) is 5.91 Å². The SMILES string of the molecule is COC(=O)c1ccc(NC(=O)C(C)=C2CNC2)cc1. The molecule has 5 heteroatoms. The molecule has 2 rings (SSSR count). The summed E-state index contributed by atoms with van der Waals surface area (Å²) in [4.78, 5) is 23.2. The van der Waals surface area contributed by atoms with Gasteiger partial charge in [-0.05, 0) is 36.8 Å². The summed E-state index contributed by atoms with van der Waals surface area (Å²) >= 11 is 0. The molecule has 0 spiro atoms. The second-order valence-electron chi connectivity index (χ2n) is 4.36. The Morgan fingerprint density at radius 2 is 1.84 bits per heavy atom. The fourth-order valence-corrected chi connectivity index (χ4v) is 1.71. The Morgan fingerprint density at radius 1 is 1.21 bits per heavy atom. The molecule has 1 saturated heterocycles. The minimum Gasteiger partial charge on any atom is -0.465 e. The van der Waals surface area contributed by atoms with E-state index in [9.17, 15) is 9.59 Å². The third kappa shape index (κ3) is 3.00. The van der Waals surface area contributed by atoms with Gasteiger partial charge in [0, 0.05) is 24.4 Å². The van der Waals surface area contributed by atoms with Crippen LogP contribution >= 0.6 is 0 Å². The van der Waals surface area contributed by atoms with Gasteiger partial charge in [0.15, 0.2) is 0 Å². The first kappa shape index (κ1) is 13.3. The molecule has 100 valence electrons. The molecule has 0 atom stereocenters. The van der Waals surface area contributed by atoms with Crippen molar-refractivity contribution in [1.82, 2.24) is 5.32 Å². The highest BCUT2D eigenvalue weighted by Gasteiger charge is 2.16. The lowest BCUT2D eigenvalue weighted by Crippen LogP contribution is -2.36. The molecular weight excluding hydrogens is 244 g/mol. The van der Waals surface area contributed by atoms with Gasteiger partial charge in [0.2, 0.25) is 0 Å². The molecular formula is C14H16N2O3. The molecule has 1 amide bonds. The second kappa shape index (κ2) is 5.67. The molecule has 0 unspecified atom stereocenters. The number of methoxy groups -OCH3 is 1. The van der Waals surface area contributed by atoms with Crippen LogP contribution in [-0.2, 0) is 9.53 Å². The monoisotopic (exact) mass is 260 g/mol. The molecule has 2 N–H and O–H groups in total. The van der Waals surface area contributed by atoms with Crippen molar-refractivity contribution in [2.24, 2.45) is 0 Å². The minimum absolute atomic E-state index is 0.109. The Kier molecular flexibility index (Phi) is 3.97. The minimum atomic E-state index is -0.392. The zero-order valence-electron chi connectivity index (χ0n) is 10.9. The van der Waals surface area contributed by atoms with Crippen LogP contribution in [0.1, 0.15) is 17.3 Å². The summed E-state index contributed by atoms with van der Waals surface area (Å²) in [7, 11) is 1.33. The number of rotatable bonds is 3. The molecule has 1 aromatic carbocycles. The van der Waals surface area contributed by atoms with E-state index in [4.69, 9.17) is 0 Å². The first-order chi connectivity index (χ1) is 9.11. The largest absolute Gasteiger partial charge is 0.465 e. The standard InChI is InChI=1S/C14H16N2O3/c1-9(11-7-15-8-11)13(17)16-12-5-3-10(4-6-12)14(18)19-2/h3-6,15H,7-8H2,1-2H3,(H,16,17). The van der Waals surface area contributed by atoms with Gasteiger partial charge in [-0.25, -0.2) is 4.79 Å². The van der Waals surface area contributed by atoms with Crippen molar-refractivity contribution in [2.45, 2.75) is 6.92 Å². The molecule has 1 heterocycles. The molecule has 0 saturated carbocycles. The molecule has 19 heavy (non-hydrogen) atoms. The van der Waals surface area contributed by atoms with Crippen molar-refractivity contribution in [3.05, 3.63) is 41.0 Å². The van der Waals surface area contributed by atoms with Crippen LogP contribution in [0.3, 0.4) is 0 Å². The molecule has 1 aliphatic heterocycles. The van der Waals surface area contributed by atoms with Crippen LogP contribution in [0.5, 0.6) is 0 Å². The zero-order valence-corrected chi connectivity index (χ0v) is 10.9. The Balaban J connectivity index is 2.03. The molecule has 1 aromatic rings. The maximum absolute atomic E-state index is 11.9. The predicted molar refractivity (Wildman–Crippen MR) is 72.0 cm³/mol. The van der Waals surface area contributed by atoms with Crippen molar-refractivity contribution < 1.29 is 14.3 Å². The average molecular weight is 260 g/mol. The number of hydrogen-bond donors (Lipinski definition) is 2. The lowest BCUT2D eigenvalue weighted by atomic mass is 10.0. The van der Waals surface area contributed by atoms with Gasteiger partial charge in [0.05, 0.1) is 12.7 Å². The quantitative estimate of drug-likeness (QED) is 0.635. The number of ether oxygens (including phenoxy) is 1. The summed E-state index contributed by atoms with van der Waals surface area (Å²) in [5.41, 5.74) is 2.99. The van der Waals surface area contributed by atoms with E-state index in [1.807, 2.05) is 6.92 Å². The number of carbonyl (C=O) groups excluding carboxylic acids is 2. The Labute approximate surface area is 111 Å². The predicted octanol–water partition coefficient (Wildman–Crippen LogP) is 1.33. The summed E-state index contributed by atoms with van der Waals surface area (Å²) in [6.45, 7) is 3.37. The third-order valence-corrected chi connectivity index (χ3v) is 3.11. The number of nitrogens with one attached hydrogen (secondary N) is 2. The summed E-state index contributed by atoms with van der Waals surface area (Å²) in [5, 5.41) is 5.90. The number of carbonyl (C=O) groups is 2. The van der Waals surface area contributed by atoms with Crippen molar-refractivity contribution >= 4 is 17.6 Å². The maximum atomic E-state index is 11.9. The first-order valence-electron chi connectivity index (χ1n) is 6.01. The number of hydrogen-bond acceptors (Lipinski definition) is 4. The number of esters is 1. The lowest BCUT2D eigenvalue weighted by Gasteiger charge is -2.21. The Hall–Kier alpha value is -2.14. The van der Waals surface area contributed by atoms with Gasteiger partial charge in [-0.15, -0.1) is 0 Å². The van der Waals surface area contributed by atoms with Gasteiger partial charge in [-0.1, -0.05) is 0 Å². The molecule has 0 radical (unpaired) electrons. The Morgan fingerprint density at radius 3 is 2.32 bits per heavy atom. The van der Waals surface area contributed by atoms with Crippen molar-refractivity contribution in [1.29, 1.82) is 0 Å². The summed E-state index contributed by atoms with van der Waals surface area (Å²) in [6, 6.07) is 6.60. The van der Waals surface area contributed by atoms with Gasteiger partial charge >= 0.3 is 5.97 Å². The second-order valence-corrected chi connectivity index (χ2v) is 4.36. The van der Waals surface area contributed by atoms with Gasteiger partial charge in [0.1, 0.15) is 0 Å². The Bertz CT molecular complexity index is 526. The van der Waals surface area contributed by atoms with Crippen LogP contribution in [0.15, 0.2) is 35.4 Å². The average Bonchev–Trinajstić information content (AvgIpc) is 2.36. The van der Waals surface area contributed by atoms with Crippen LogP contribution in [0.2, 0.25) is 0 Å². The van der Waals surface area contributed by atoms with Crippen LogP contribution in [0, 0.1) is 0 Å². The van der Waals surface area contributed by atoms with Crippen molar-refractivity contribution in [3.63, 3.8) is 0 Å². The summed E-state index contributed by atoms with van der Waals surface area (Å²) in [6.07, 6.45) is 0. The van der Waals surface area contributed by atoms with E-state index in [1.54, 1.807) is 24.3 Å². The van der Waals surface area contributed by atoms with Crippen LogP contribution in [-0.4, -0.2) is 32.1 Å². The van der Waals surface area contributed by atoms with E-state index < -0.39 is 5.97 Å². The normalized spacial score (nSPS) is 13.5. The highest BCUT2D eigenvalue weighted by molar-refractivity contribution is 6.04. The molecule has 1 fully saturated rings. The van der Waals surface area contributed by atoms with Crippen LogP contribution in [0.4, 0.5) is 5.69 Å². The molecule has 0 bridgehead atoms. The van der Waals surface area contributed by atoms with Gasteiger partial charge < -0.3 is 15.4 Å². The fraction of sp³-hybridized carbons (Fsp3) is 0.286. The van der Waals surface area contributed by atoms with E-state index in [0.717, 1.165) is 24.2 Å². The van der Waals surface area contributed by atoms with E-state index in [1.165, 1.54) is 7.11 Å². The van der Waals surface area contributed by atoms with Crippen molar-refractivity contribution in [2.75, 3.05) is 25.5 Å².